The van der Waals surface area contributed by atoms with Crippen molar-refractivity contribution in [2.75, 3.05) is 13.2 Å². The summed E-state index contributed by atoms with van der Waals surface area (Å²) in [7, 11) is 0. The quantitative estimate of drug-likeness (QED) is 0.692. The van der Waals surface area contributed by atoms with Crippen molar-refractivity contribution in [2.24, 2.45) is 0 Å². The molecule has 0 unspecified atom stereocenters. The number of carbonyl (C=O) groups is 1. The Morgan fingerprint density at radius 2 is 2.31 bits per heavy atom. The van der Waals surface area contributed by atoms with Crippen molar-refractivity contribution in [2.45, 2.75) is 39.3 Å². The Kier molecular flexibility index (Phi) is 4.74. The van der Waals surface area contributed by atoms with Crippen LogP contribution >= 0.6 is 11.3 Å². The molecular weight excluding hydrogens is 348 g/mol. The van der Waals surface area contributed by atoms with Gasteiger partial charge in [-0.3, -0.25) is 4.79 Å². The van der Waals surface area contributed by atoms with Gasteiger partial charge in [-0.2, -0.15) is 16.4 Å². The Labute approximate surface area is 156 Å². The number of hydrogen-bond acceptors (Lipinski definition) is 5. The molecule has 6 nitrogen and oxygen atoms in total. The molecule has 0 aliphatic carbocycles. The van der Waals surface area contributed by atoms with Crippen molar-refractivity contribution < 1.29 is 9.53 Å². The molecule has 1 amide bonds. The van der Waals surface area contributed by atoms with Crippen LogP contribution in [0, 0.1) is 13.8 Å². The number of thiophene rings is 1. The maximum atomic E-state index is 13.2. The molecule has 1 atom stereocenters. The lowest BCUT2D eigenvalue weighted by atomic mass is 10.2. The van der Waals surface area contributed by atoms with E-state index in [1.54, 1.807) is 15.9 Å². The maximum absolute atomic E-state index is 13.2. The van der Waals surface area contributed by atoms with Crippen LogP contribution in [0.3, 0.4) is 0 Å². The van der Waals surface area contributed by atoms with E-state index in [1.165, 1.54) is 0 Å². The minimum atomic E-state index is -0.0591. The Morgan fingerprint density at radius 1 is 1.42 bits per heavy atom. The highest BCUT2D eigenvalue weighted by atomic mass is 32.1. The molecule has 0 radical (unpaired) electrons. The molecule has 26 heavy (non-hydrogen) atoms. The predicted octanol–water partition coefficient (Wildman–Crippen LogP) is 3.23. The predicted molar refractivity (Wildman–Crippen MR) is 100 cm³/mol. The topological polar surface area (TPSA) is 59.7 Å². The zero-order valence-corrected chi connectivity index (χ0v) is 15.8. The van der Waals surface area contributed by atoms with Crippen LogP contribution in [-0.4, -0.2) is 44.7 Å². The van der Waals surface area contributed by atoms with Crippen LogP contribution in [-0.2, 0) is 11.3 Å². The third-order valence-corrected chi connectivity index (χ3v) is 5.37. The van der Waals surface area contributed by atoms with Crippen molar-refractivity contribution in [3.63, 3.8) is 0 Å². The molecule has 7 heteroatoms. The zero-order chi connectivity index (χ0) is 18.1. The summed E-state index contributed by atoms with van der Waals surface area (Å²) in [6.45, 7) is 5.83. The summed E-state index contributed by atoms with van der Waals surface area (Å²) < 4.78 is 7.53. The molecule has 1 aliphatic heterocycles. The van der Waals surface area contributed by atoms with E-state index in [2.05, 4.69) is 21.5 Å². The van der Waals surface area contributed by atoms with Gasteiger partial charge in [0.25, 0.3) is 5.91 Å². The minimum Gasteiger partial charge on any atom is -0.376 e. The first-order chi connectivity index (χ1) is 12.6. The van der Waals surface area contributed by atoms with Gasteiger partial charge in [-0.25, -0.2) is 9.50 Å². The van der Waals surface area contributed by atoms with Crippen LogP contribution in [0.5, 0.6) is 0 Å². The minimum absolute atomic E-state index is 0.0591. The second-order valence-corrected chi connectivity index (χ2v) is 7.57. The first-order valence-electron chi connectivity index (χ1n) is 8.86. The van der Waals surface area contributed by atoms with Gasteiger partial charge >= 0.3 is 0 Å². The van der Waals surface area contributed by atoms with E-state index in [1.807, 2.05) is 36.3 Å². The molecular formula is C19H22N4O2S. The van der Waals surface area contributed by atoms with Gasteiger partial charge in [-0.1, -0.05) is 0 Å². The monoisotopic (exact) mass is 370 g/mol. The lowest BCUT2D eigenvalue weighted by Crippen LogP contribution is -2.37. The Bertz CT molecular complexity index is 913. The zero-order valence-electron chi connectivity index (χ0n) is 15.0. The van der Waals surface area contributed by atoms with E-state index in [-0.39, 0.29) is 12.0 Å². The summed E-state index contributed by atoms with van der Waals surface area (Å²) in [5.74, 6) is -0.0591. The van der Waals surface area contributed by atoms with Crippen molar-refractivity contribution in [3.05, 3.63) is 51.6 Å². The fourth-order valence-electron chi connectivity index (χ4n) is 3.37. The SMILES string of the molecule is Cc1cc2nc(C(=O)N(Cc3ccsc3)C[C@H]3CCCO3)cc(C)n2n1. The summed E-state index contributed by atoms with van der Waals surface area (Å²) in [6.07, 6.45) is 2.17. The molecule has 4 rings (SSSR count). The van der Waals surface area contributed by atoms with E-state index < -0.39 is 0 Å². The molecule has 0 bridgehead atoms. The van der Waals surface area contributed by atoms with Crippen LogP contribution in [0.4, 0.5) is 0 Å². The summed E-state index contributed by atoms with van der Waals surface area (Å²) in [5, 5.41) is 8.53. The smallest absolute Gasteiger partial charge is 0.272 e. The van der Waals surface area contributed by atoms with Crippen LogP contribution in [0.25, 0.3) is 5.65 Å². The van der Waals surface area contributed by atoms with Gasteiger partial charge < -0.3 is 9.64 Å². The first-order valence-corrected chi connectivity index (χ1v) is 9.80. The molecule has 136 valence electrons. The van der Waals surface area contributed by atoms with Crippen molar-refractivity contribution >= 4 is 22.9 Å². The summed E-state index contributed by atoms with van der Waals surface area (Å²) in [4.78, 5) is 19.7. The highest BCUT2D eigenvalue weighted by Gasteiger charge is 2.25. The Hall–Kier alpha value is -2.25. The number of aryl methyl sites for hydroxylation is 2. The molecule has 3 aromatic rings. The first kappa shape index (κ1) is 17.2. The fourth-order valence-corrected chi connectivity index (χ4v) is 4.03. The average molecular weight is 370 g/mol. The largest absolute Gasteiger partial charge is 0.376 e. The van der Waals surface area contributed by atoms with Gasteiger partial charge in [0, 0.05) is 31.5 Å². The van der Waals surface area contributed by atoms with Crippen molar-refractivity contribution in [1.82, 2.24) is 19.5 Å². The van der Waals surface area contributed by atoms with Crippen LogP contribution in [0.2, 0.25) is 0 Å². The van der Waals surface area contributed by atoms with Crippen molar-refractivity contribution in [1.29, 1.82) is 0 Å². The van der Waals surface area contributed by atoms with Gasteiger partial charge in [0.15, 0.2) is 5.65 Å². The molecule has 0 saturated carbocycles. The van der Waals surface area contributed by atoms with Gasteiger partial charge in [0.1, 0.15) is 5.69 Å². The number of carbonyl (C=O) groups excluding carboxylic acids is 1. The molecule has 0 aromatic carbocycles. The highest BCUT2D eigenvalue weighted by Crippen LogP contribution is 2.19. The molecule has 3 aromatic heterocycles. The number of amides is 1. The Balaban J connectivity index is 1.64. The van der Waals surface area contributed by atoms with Gasteiger partial charge in [0.2, 0.25) is 0 Å². The molecule has 0 spiro atoms. The fraction of sp³-hybridized carbons (Fsp3) is 0.421. The number of hydrogen-bond donors (Lipinski definition) is 0. The number of aromatic nitrogens is 3. The highest BCUT2D eigenvalue weighted by molar-refractivity contribution is 7.07. The van der Waals surface area contributed by atoms with E-state index in [4.69, 9.17) is 4.74 Å². The Morgan fingerprint density at radius 3 is 3.04 bits per heavy atom. The molecule has 1 aliphatic rings. The van der Waals surface area contributed by atoms with Gasteiger partial charge in [0.05, 0.1) is 11.8 Å². The number of nitrogens with zero attached hydrogens (tertiary/aromatic N) is 4. The number of ether oxygens (including phenoxy) is 1. The number of rotatable bonds is 5. The normalized spacial score (nSPS) is 17.1. The summed E-state index contributed by atoms with van der Waals surface area (Å²) in [6, 6.07) is 5.77. The van der Waals surface area contributed by atoms with Crippen molar-refractivity contribution in [3.8, 4) is 0 Å². The van der Waals surface area contributed by atoms with Gasteiger partial charge in [-0.15, -0.1) is 0 Å². The number of fused-ring (bicyclic) bond motifs is 1. The van der Waals surface area contributed by atoms with E-state index in [0.29, 0.717) is 24.4 Å². The van der Waals surface area contributed by atoms with Crippen LogP contribution < -0.4 is 0 Å². The standard InChI is InChI=1S/C19H22N4O2S/c1-13-8-18-20-17(9-14(2)23(18)21-13)19(24)22(10-15-5-7-26-12-15)11-16-4-3-6-25-16/h5,7-9,12,16H,3-4,6,10-11H2,1-2H3/t16-/m1/s1. The molecule has 1 saturated heterocycles. The van der Waals surface area contributed by atoms with Crippen LogP contribution in [0.15, 0.2) is 29.0 Å². The molecule has 0 N–H and O–H groups in total. The van der Waals surface area contributed by atoms with E-state index in [0.717, 1.165) is 36.4 Å². The lowest BCUT2D eigenvalue weighted by molar-refractivity contribution is 0.0503. The summed E-state index contributed by atoms with van der Waals surface area (Å²) in [5.41, 5.74) is 4.10. The molecule has 1 fully saturated rings. The third kappa shape index (κ3) is 3.50. The van der Waals surface area contributed by atoms with Crippen LogP contribution in [0.1, 0.15) is 40.3 Å². The van der Waals surface area contributed by atoms with Gasteiger partial charge in [-0.05, 0) is 55.1 Å². The summed E-state index contributed by atoms with van der Waals surface area (Å²) >= 11 is 1.64. The second-order valence-electron chi connectivity index (χ2n) is 6.79. The maximum Gasteiger partial charge on any atom is 0.272 e. The van der Waals surface area contributed by atoms with E-state index in [9.17, 15) is 4.79 Å². The lowest BCUT2D eigenvalue weighted by Gasteiger charge is -2.25. The average Bonchev–Trinajstić information content (AvgIpc) is 3.35. The third-order valence-electron chi connectivity index (χ3n) is 4.64. The molecule has 4 heterocycles. The second kappa shape index (κ2) is 7.17. The van der Waals surface area contributed by atoms with E-state index >= 15 is 0 Å².